The molecule has 2 aromatic heterocycles. The lowest BCUT2D eigenvalue weighted by Gasteiger charge is -2.12. The summed E-state index contributed by atoms with van der Waals surface area (Å²) in [6.07, 6.45) is -1.96. The average Bonchev–Trinajstić information content (AvgIpc) is 3.23. The van der Waals surface area contributed by atoms with Crippen LogP contribution in [0.2, 0.25) is 10.0 Å². The monoisotopic (exact) mass is 411 g/mol. The first-order valence-corrected chi connectivity index (χ1v) is 8.72. The molecule has 0 amide bonds. The molecule has 0 spiro atoms. The van der Waals surface area contributed by atoms with Crippen LogP contribution >= 0.6 is 23.2 Å². The highest BCUT2D eigenvalue weighted by molar-refractivity contribution is 6.42. The van der Waals surface area contributed by atoms with E-state index in [0.29, 0.717) is 22.2 Å². The van der Waals surface area contributed by atoms with Crippen LogP contribution in [0.1, 0.15) is 23.3 Å². The van der Waals surface area contributed by atoms with Crippen LogP contribution < -0.4 is 5.43 Å². The Kier molecular flexibility index (Phi) is 4.61. The normalized spacial score (nSPS) is 16.5. The van der Waals surface area contributed by atoms with Gasteiger partial charge < -0.3 is 9.30 Å². The molecule has 3 aromatic rings. The second-order valence-electron chi connectivity index (χ2n) is 5.96. The second-order valence-corrected chi connectivity index (χ2v) is 6.78. The van der Waals surface area contributed by atoms with Crippen molar-refractivity contribution in [3.05, 3.63) is 57.6 Å². The molecule has 3 heterocycles. The summed E-state index contributed by atoms with van der Waals surface area (Å²) in [6.45, 7) is 2.36. The molecule has 1 atom stereocenters. The van der Waals surface area contributed by atoms with Gasteiger partial charge in [-0.1, -0.05) is 23.2 Å². The molecule has 6 nitrogen and oxygen atoms in total. The number of alkyl halides is 2. The molecule has 4 rings (SSSR count). The summed E-state index contributed by atoms with van der Waals surface area (Å²) in [6, 6.07) is 7.04. The van der Waals surface area contributed by atoms with Crippen molar-refractivity contribution >= 4 is 40.1 Å². The summed E-state index contributed by atoms with van der Waals surface area (Å²) in [5, 5.41) is 4.37. The van der Waals surface area contributed by atoms with E-state index in [4.69, 9.17) is 27.9 Å². The number of fused-ring (bicyclic) bond motifs is 1. The lowest BCUT2D eigenvalue weighted by Crippen LogP contribution is -2.15. The Hall–Kier alpha value is -2.45. The minimum absolute atomic E-state index is 0.450. The van der Waals surface area contributed by atoms with Crippen LogP contribution in [-0.2, 0) is 11.3 Å². The summed E-state index contributed by atoms with van der Waals surface area (Å²) < 4.78 is 32.2. The molecule has 0 fully saturated rings. The van der Waals surface area contributed by atoms with Crippen LogP contribution in [0, 0.1) is 6.92 Å². The summed E-state index contributed by atoms with van der Waals surface area (Å²) in [5.41, 5.74) is 5.48. The number of aromatic nitrogens is 3. The summed E-state index contributed by atoms with van der Waals surface area (Å²) in [4.78, 5) is 8.88. The number of ether oxygens (including phenoxy) is 1. The van der Waals surface area contributed by atoms with Gasteiger partial charge in [-0.2, -0.15) is 8.78 Å². The Bertz CT molecular complexity index is 1040. The van der Waals surface area contributed by atoms with Gasteiger partial charge in [-0.15, -0.1) is 5.10 Å². The van der Waals surface area contributed by atoms with Crippen molar-refractivity contribution in [2.24, 2.45) is 5.10 Å². The summed E-state index contributed by atoms with van der Waals surface area (Å²) in [5.74, 6) is 0.171. The molecule has 1 N–H and O–H groups in total. The standard InChI is InChI=1S/C17H13Cl2F2N5O/c1-8-23-13-4-11(18)12(19)5-14(13)26(8)7-10-3-2-9(6-22-10)16-24-25-17(27-16)15(20)21/h2-6,15-16,24H,7H2,1H3. The minimum atomic E-state index is -2.76. The van der Waals surface area contributed by atoms with Crippen LogP contribution in [0.5, 0.6) is 0 Å². The Morgan fingerprint density at radius 3 is 2.70 bits per heavy atom. The van der Waals surface area contributed by atoms with Gasteiger partial charge in [0.15, 0.2) is 0 Å². The molecule has 0 saturated carbocycles. The van der Waals surface area contributed by atoms with Gasteiger partial charge in [0.1, 0.15) is 5.82 Å². The first-order valence-electron chi connectivity index (χ1n) is 7.97. The molecule has 0 radical (unpaired) electrons. The number of hydrogen-bond acceptors (Lipinski definition) is 5. The molecule has 10 heteroatoms. The average molecular weight is 412 g/mol. The van der Waals surface area contributed by atoms with Crippen LogP contribution in [-0.4, -0.2) is 26.9 Å². The smallest absolute Gasteiger partial charge is 0.314 e. The van der Waals surface area contributed by atoms with E-state index in [-0.39, 0.29) is 0 Å². The maximum atomic E-state index is 12.6. The maximum absolute atomic E-state index is 12.6. The fourth-order valence-corrected chi connectivity index (χ4v) is 3.14. The Morgan fingerprint density at radius 2 is 2.04 bits per heavy atom. The van der Waals surface area contributed by atoms with E-state index < -0.39 is 18.6 Å². The number of hydrogen-bond donors (Lipinski definition) is 1. The number of benzene rings is 1. The number of pyridine rings is 1. The first-order chi connectivity index (χ1) is 12.9. The zero-order chi connectivity index (χ0) is 19.1. The molecule has 0 saturated heterocycles. The number of imidazole rings is 1. The SMILES string of the molecule is Cc1nc2cc(Cl)c(Cl)cc2n1Cc1ccc(C2NN=C(C(F)F)O2)cn1. The van der Waals surface area contributed by atoms with E-state index in [2.05, 4.69) is 20.5 Å². The van der Waals surface area contributed by atoms with Gasteiger partial charge in [0.2, 0.25) is 6.23 Å². The second kappa shape index (κ2) is 6.94. The number of rotatable bonds is 4. The Morgan fingerprint density at radius 1 is 1.26 bits per heavy atom. The van der Waals surface area contributed by atoms with Crippen molar-refractivity contribution in [3.63, 3.8) is 0 Å². The lowest BCUT2D eigenvalue weighted by molar-refractivity contribution is 0.134. The highest BCUT2D eigenvalue weighted by atomic mass is 35.5. The van der Waals surface area contributed by atoms with Gasteiger partial charge in [-0.25, -0.2) is 4.98 Å². The summed E-state index contributed by atoms with van der Waals surface area (Å²) in [7, 11) is 0. The fourth-order valence-electron chi connectivity index (χ4n) is 2.83. The third-order valence-corrected chi connectivity index (χ3v) is 4.89. The third-order valence-electron chi connectivity index (χ3n) is 4.17. The lowest BCUT2D eigenvalue weighted by atomic mass is 10.2. The zero-order valence-electron chi connectivity index (χ0n) is 14.0. The molecule has 0 aliphatic carbocycles. The van der Waals surface area contributed by atoms with Crippen molar-refractivity contribution in [3.8, 4) is 0 Å². The Balaban J connectivity index is 1.55. The van der Waals surface area contributed by atoms with E-state index in [9.17, 15) is 8.78 Å². The quantitative estimate of drug-likeness (QED) is 0.695. The predicted molar refractivity (Wildman–Crippen MR) is 98.2 cm³/mol. The molecule has 140 valence electrons. The van der Waals surface area contributed by atoms with E-state index in [1.807, 2.05) is 11.5 Å². The molecular formula is C17H13Cl2F2N5O. The number of nitrogens with zero attached hydrogens (tertiary/aromatic N) is 4. The predicted octanol–water partition coefficient (Wildman–Crippen LogP) is 4.29. The van der Waals surface area contributed by atoms with E-state index in [1.54, 1.807) is 30.5 Å². The topological polar surface area (TPSA) is 64.3 Å². The molecule has 1 aliphatic heterocycles. The Labute approximate surface area is 162 Å². The van der Waals surface area contributed by atoms with Gasteiger partial charge in [-0.05, 0) is 31.2 Å². The van der Waals surface area contributed by atoms with Gasteiger partial charge in [0, 0.05) is 11.8 Å². The van der Waals surface area contributed by atoms with Gasteiger partial charge in [0.25, 0.3) is 5.90 Å². The van der Waals surface area contributed by atoms with Crippen molar-refractivity contribution in [2.75, 3.05) is 0 Å². The third kappa shape index (κ3) is 3.42. The molecule has 1 unspecified atom stereocenters. The number of halogens is 4. The van der Waals surface area contributed by atoms with Crippen LogP contribution in [0.4, 0.5) is 8.78 Å². The van der Waals surface area contributed by atoms with E-state index in [0.717, 1.165) is 22.6 Å². The summed E-state index contributed by atoms with van der Waals surface area (Å²) >= 11 is 12.2. The largest absolute Gasteiger partial charge is 0.446 e. The van der Waals surface area contributed by atoms with Gasteiger partial charge in [-0.3, -0.25) is 10.4 Å². The van der Waals surface area contributed by atoms with Crippen molar-refractivity contribution in [2.45, 2.75) is 26.1 Å². The van der Waals surface area contributed by atoms with Crippen LogP contribution in [0.3, 0.4) is 0 Å². The minimum Gasteiger partial charge on any atom is -0.446 e. The highest BCUT2D eigenvalue weighted by Gasteiger charge is 2.27. The number of nitrogens with one attached hydrogen (secondary N) is 1. The first kappa shape index (κ1) is 17.9. The van der Waals surface area contributed by atoms with E-state index in [1.165, 1.54) is 0 Å². The van der Waals surface area contributed by atoms with Crippen molar-refractivity contribution in [1.82, 2.24) is 20.0 Å². The molecule has 1 aromatic carbocycles. The zero-order valence-corrected chi connectivity index (χ0v) is 15.5. The van der Waals surface area contributed by atoms with Crippen LogP contribution in [0.25, 0.3) is 11.0 Å². The maximum Gasteiger partial charge on any atom is 0.314 e. The molecular weight excluding hydrogens is 399 g/mol. The van der Waals surface area contributed by atoms with Crippen molar-refractivity contribution in [1.29, 1.82) is 0 Å². The number of hydrazone groups is 1. The number of aryl methyl sites for hydroxylation is 1. The molecule has 0 bridgehead atoms. The highest BCUT2D eigenvalue weighted by Crippen LogP contribution is 2.29. The molecule has 27 heavy (non-hydrogen) atoms. The van der Waals surface area contributed by atoms with Crippen LogP contribution in [0.15, 0.2) is 35.6 Å². The molecule has 1 aliphatic rings. The van der Waals surface area contributed by atoms with E-state index >= 15 is 0 Å². The van der Waals surface area contributed by atoms with Gasteiger partial charge >= 0.3 is 6.43 Å². The fraction of sp³-hybridized carbons (Fsp3) is 0.235. The van der Waals surface area contributed by atoms with Crippen molar-refractivity contribution < 1.29 is 13.5 Å². The van der Waals surface area contributed by atoms with Gasteiger partial charge in [0.05, 0.1) is 33.3 Å².